The van der Waals surface area contributed by atoms with E-state index >= 15 is 0 Å². The number of nitrogens with zero attached hydrogens (tertiary/aromatic N) is 1. The molecule has 0 saturated carbocycles. The summed E-state index contributed by atoms with van der Waals surface area (Å²) >= 11 is 3.53. The fraction of sp³-hybridized carbons (Fsp3) is 0.333. The molecule has 3 rings (SSSR count). The van der Waals surface area contributed by atoms with Crippen molar-refractivity contribution in [1.82, 2.24) is 4.90 Å². The summed E-state index contributed by atoms with van der Waals surface area (Å²) in [4.78, 5) is 2.44. The molecule has 0 spiro atoms. The van der Waals surface area contributed by atoms with Crippen LogP contribution in [0, 0.1) is 5.82 Å². The molecular weight excluding hydrogens is 345 g/mol. The zero-order chi connectivity index (χ0) is 15.5. The van der Waals surface area contributed by atoms with Crippen LogP contribution in [0.5, 0.6) is 5.75 Å². The van der Waals surface area contributed by atoms with Crippen molar-refractivity contribution in [3.63, 3.8) is 0 Å². The Labute approximate surface area is 139 Å². The highest BCUT2D eigenvalue weighted by atomic mass is 79.9. The van der Waals surface area contributed by atoms with Gasteiger partial charge in [0.25, 0.3) is 0 Å². The maximum Gasteiger partial charge on any atom is 0.123 e. The van der Waals surface area contributed by atoms with Crippen LogP contribution in [0.25, 0.3) is 0 Å². The van der Waals surface area contributed by atoms with E-state index in [0.29, 0.717) is 6.04 Å². The normalized spacial score (nSPS) is 18.6. The van der Waals surface area contributed by atoms with E-state index in [1.165, 1.54) is 17.5 Å². The average molecular weight is 364 g/mol. The first-order valence-corrected chi connectivity index (χ1v) is 8.28. The second kappa shape index (κ2) is 6.80. The van der Waals surface area contributed by atoms with Gasteiger partial charge in [0.05, 0.1) is 7.11 Å². The van der Waals surface area contributed by atoms with Crippen molar-refractivity contribution in [3.8, 4) is 5.75 Å². The van der Waals surface area contributed by atoms with E-state index in [2.05, 4.69) is 26.9 Å². The quantitative estimate of drug-likeness (QED) is 0.763. The molecule has 22 heavy (non-hydrogen) atoms. The lowest BCUT2D eigenvalue weighted by Gasteiger charge is -2.25. The van der Waals surface area contributed by atoms with Gasteiger partial charge in [0, 0.05) is 22.6 Å². The molecule has 1 fully saturated rings. The van der Waals surface area contributed by atoms with Crippen LogP contribution in [0.4, 0.5) is 4.39 Å². The standard InChI is InChI=1S/C18H19BrFNO/c1-22-18-9-6-15(19)11-14(18)12-21-10-2-3-17(21)13-4-7-16(20)8-5-13/h4-9,11,17H,2-3,10,12H2,1H3/t17-/m0/s1. The Hall–Kier alpha value is -1.39. The van der Waals surface area contributed by atoms with Gasteiger partial charge in [-0.3, -0.25) is 4.90 Å². The molecule has 1 atom stereocenters. The van der Waals surface area contributed by atoms with E-state index in [1.807, 2.05) is 24.3 Å². The monoisotopic (exact) mass is 363 g/mol. The molecule has 0 aliphatic carbocycles. The number of hydrogen-bond acceptors (Lipinski definition) is 2. The molecule has 0 N–H and O–H groups in total. The predicted octanol–water partition coefficient (Wildman–Crippen LogP) is 4.93. The Morgan fingerprint density at radius 3 is 2.73 bits per heavy atom. The summed E-state index contributed by atoms with van der Waals surface area (Å²) < 4.78 is 19.7. The highest BCUT2D eigenvalue weighted by Crippen LogP contribution is 2.35. The Morgan fingerprint density at radius 2 is 2.00 bits per heavy atom. The summed E-state index contributed by atoms with van der Waals surface area (Å²) in [7, 11) is 1.70. The van der Waals surface area contributed by atoms with Gasteiger partial charge in [0.1, 0.15) is 11.6 Å². The average Bonchev–Trinajstić information content (AvgIpc) is 2.96. The van der Waals surface area contributed by atoms with Crippen LogP contribution >= 0.6 is 15.9 Å². The van der Waals surface area contributed by atoms with Gasteiger partial charge in [-0.15, -0.1) is 0 Å². The number of benzene rings is 2. The molecule has 1 aliphatic heterocycles. The molecule has 0 bridgehead atoms. The van der Waals surface area contributed by atoms with E-state index in [-0.39, 0.29) is 5.82 Å². The van der Waals surface area contributed by atoms with E-state index < -0.39 is 0 Å². The minimum atomic E-state index is -0.179. The first kappa shape index (κ1) is 15.5. The summed E-state index contributed by atoms with van der Waals surface area (Å²) in [6, 6.07) is 13.3. The molecule has 1 heterocycles. The third-order valence-electron chi connectivity index (χ3n) is 4.23. The van der Waals surface area contributed by atoms with Crippen molar-refractivity contribution < 1.29 is 9.13 Å². The van der Waals surface area contributed by atoms with Gasteiger partial charge in [-0.1, -0.05) is 28.1 Å². The van der Waals surface area contributed by atoms with Crippen LogP contribution < -0.4 is 4.74 Å². The topological polar surface area (TPSA) is 12.5 Å². The van der Waals surface area contributed by atoms with Crippen LogP contribution in [0.2, 0.25) is 0 Å². The molecule has 1 aliphatic rings. The Bertz CT molecular complexity index is 644. The van der Waals surface area contributed by atoms with Gasteiger partial charge >= 0.3 is 0 Å². The first-order chi connectivity index (χ1) is 10.7. The van der Waals surface area contributed by atoms with Crippen LogP contribution in [-0.2, 0) is 6.54 Å². The maximum absolute atomic E-state index is 13.1. The maximum atomic E-state index is 13.1. The van der Waals surface area contributed by atoms with Crippen LogP contribution in [0.3, 0.4) is 0 Å². The van der Waals surface area contributed by atoms with Crippen LogP contribution in [-0.4, -0.2) is 18.6 Å². The van der Waals surface area contributed by atoms with Crippen LogP contribution in [0.15, 0.2) is 46.9 Å². The van der Waals surface area contributed by atoms with Crippen molar-refractivity contribution in [2.45, 2.75) is 25.4 Å². The summed E-state index contributed by atoms with van der Waals surface area (Å²) in [6.07, 6.45) is 2.28. The lowest BCUT2D eigenvalue weighted by molar-refractivity contribution is 0.244. The Morgan fingerprint density at radius 1 is 1.23 bits per heavy atom. The molecule has 2 nitrogen and oxygen atoms in total. The lowest BCUT2D eigenvalue weighted by atomic mass is 10.0. The molecule has 116 valence electrons. The minimum absolute atomic E-state index is 0.179. The smallest absolute Gasteiger partial charge is 0.123 e. The van der Waals surface area contributed by atoms with Crippen molar-refractivity contribution in [2.24, 2.45) is 0 Å². The van der Waals surface area contributed by atoms with E-state index in [0.717, 1.165) is 29.7 Å². The molecule has 0 radical (unpaired) electrons. The van der Waals surface area contributed by atoms with Crippen molar-refractivity contribution >= 4 is 15.9 Å². The molecular formula is C18H19BrFNO. The van der Waals surface area contributed by atoms with Gasteiger partial charge in [-0.25, -0.2) is 4.39 Å². The zero-order valence-electron chi connectivity index (χ0n) is 12.6. The Kier molecular flexibility index (Phi) is 4.79. The second-order valence-corrected chi connectivity index (χ2v) is 6.55. The molecule has 0 unspecified atom stereocenters. The van der Waals surface area contributed by atoms with Gasteiger partial charge in [-0.2, -0.15) is 0 Å². The van der Waals surface area contributed by atoms with E-state index in [1.54, 1.807) is 19.2 Å². The molecule has 2 aromatic carbocycles. The number of halogens is 2. The second-order valence-electron chi connectivity index (χ2n) is 5.64. The van der Waals surface area contributed by atoms with E-state index in [9.17, 15) is 4.39 Å². The van der Waals surface area contributed by atoms with Crippen molar-refractivity contribution in [2.75, 3.05) is 13.7 Å². The highest BCUT2D eigenvalue weighted by Gasteiger charge is 2.26. The molecule has 0 amide bonds. The summed E-state index contributed by atoms with van der Waals surface area (Å²) in [5.74, 6) is 0.731. The number of methoxy groups -OCH3 is 1. The van der Waals surface area contributed by atoms with Gasteiger partial charge in [-0.05, 0) is 55.3 Å². The van der Waals surface area contributed by atoms with Gasteiger partial charge in [0.2, 0.25) is 0 Å². The van der Waals surface area contributed by atoms with E-state index in [4.69, 9.17) is 4.74 Å². The summed E-state index contributed by atoms with van der Waals surface area (Å²) in [6.45, 7) is 1.89. The molecule has 2 aromatic rings. The molecule has 0 aromatic heterocycles. The minimum Gasteiger partial charge on any atom is -0.496 e. The number of ether oxygens (including phenoxy) is 1. The third-order valence-corrected chi connectivity index (χ3v) is 4.73. The fourth-order valence-electron chi connectivity index (χ4n) is 3.17. The van der Waals surface area contributed by atoms with Gasteiger partial charge in [0.15, 0.2) is 0 Å². The Balaban J connectivity index is 1.82. The summed E-state index contributed by atoms with van der Waals surface area (Å²) in [5.41, 5.74) is 2.36. The third kappa shape index (κ3) is 3.33. The summed E-state index contributed by atoms with van der Waals surface area (Å²) in [5, 5.41) is 0. The highest BCUT2D eigenvalue weighted by molar-refractivity contribution is 9.10. The lowest BCUT2D eigenvalue weighted by Crippen LogP contribution is -2.23. The predicted molar refractivity (Wildman–Crippen MR) is 89.5 cm³/mol. The molecule has 1 saturated heterocycles. The fourth-order valence-corrected chi connectivity index (χ4v) is 3.58. The molecule has 4 heteroatoms. The number of rotatable bonds is 4. The SMILES string of the molecule is COc1ccc(Br)cc1CN1CCC[C@H]1c1ccc(F)cc1. The van der Waals surface area contributed by atoms with Crippen molar-refractivity contribution in [3.05, 3.63) is 63.9 Å². The number of hydrogen-bond donors (Lipinski definition) is 0. The van der Waals surface area contributed by atoms with Crippen LogP contribution in [0.1, 0.15) is 30.0 Å². The zero-order valence-corrected chi connectivity index (χ0v) is 14.1. The number of likely N-dealkylation sites (tertiary alicyclic amines) is 1. The first-order valence-electron chi connectivity index (χ1n) is 7.49. The van der Waals surface area contributed by atoms with Crippen molar-refractivity contribution in [1.29, 1.82) is 0 Å². The van der Waals surface area contributed by atoms with Gasteiger partial charge < -0.3 is 4.74 Å². The largest absolute Gasteiger partial charge is 0.496 e.